The van der Waals surface area contributed by atoms with Gasteiger partial charge in [0.25, 0.3) is 0 Å². The third kappa shape index (κ3) is 3.09. The van der Waals surface area contributed by atoms with Crippen molar-refractivity contribution in [3.05, 3.63) is 35.6 Å². The minimum absolute atomic E-state index is 0.154. The zero-order chi connectivity index (χ0) is 15.3. The number of alkyl halides is 2. The number of ether oxygens (including phenoxy) is 1. The van der Waals surface area contributed by atoms with Gasteiger partial charge in [-0.15, -0.1) is 0 Å². The third-order valence-corrected chi connectivity index (χ3v) is 2.79. The minimum Gasteiger partial charge on any atom is -0.480 e. The summed E-state index contributed by atoms with van der Waals surface area (Å²) in [6.45, 7) is 1.27. The van der Waals surface area contributed by atoms with Crippen LogP contribution in [-0.2, 0) is 19.7 Å². The van der Waals surface area contributed by atoms with Crippen LogP contribution in [0.1, 0.15) is 18.9 Å². The molecule has 0 aliphatic carbocycles. The van der Waals surface area contributed by atoms with Gasteiger partial charge in [-0.25, -0.2) is 13.2 Å². The van der Waals surface area contributed by atoms with Crippen molar-refractivity contribution in [3.63, 3.8) is 0 Å². The summed E-state index contributed by atoms with van der Waals surface area (Å²) in [5.74, 6) is -3.73. The van der Waals surface area contributed by atoms with Crippen LogP contribution >= 0.6 is 0 Å². The van der Waals surface area contributed by atoms with Crippen molar-refractivity contribution in [2.75, 3.05) is 6.61 Å². The standard InChI is InChI=1S/C13H13F3O4/c1-2-20-12(19)13(11(17)18,7-10(15)16)8-3-5-9(14)6-4-8/h3-6,10H,2,7H2,1H3,(H,17,18). The summed E-state index contributed by atoms with van der Waals surface area (Å²) < 4.78 is 42.9. The van der Waals surface area contributed by atoms with Gasteiger partial charge in [0.05, 0.1) is 6.61 Å². The number of benzene rings is 1. The molecule has 1 atom stereocenters. The first-order chi connectivity index (χ1) is 9.34. The monoisotopic (exact) mass is 290 g/mol. The second-order valence-electron chi connectivity index (χ2n) is 4.03. The van der Waals surface area contributed by atoms with E-state index in [1.54, 1.807) is 0 Å². The molecule has 1 N–H and O–H groups in total. The predicted octanol–water partition coefficient (Wildman–Crippen LogP) is 2.37. The Morgan fingerprint density at radius 2 is 1.85 bits per heavy atom. The van der Waals surface area contributed by atoms with Gasteiger partial charge >= 0.3 is 11.9 Å². The molecular weight excluding hydrogens is 277 g/mol. The van der Waals surface area contributed by atoms with Crippen LogP contribution in [0.5, 0.6) is 0 Å². The maximum atomic E-state index is 12.9. The summed E-state index contributed by atoms with van der Waals surface area (Å²) in [6, 6.07) is 3.78. The summed E-state index contributed by atoms with van der Waals surface area (Å²) in [4.78, 5) is 23.3. The highest BCUT2D eigenvalue weighted by molar-refractivity contribution is 6.05. The van der Waals surface area contributed by atoms with Gasteiger partial charge in [-0.2, -0.15) is 0 Å². The largest absolute Gasteiger partial charge is 0.480 e. The Morgan fingerprint density at radius 3 is 2.25 bits per heavy atom. The molecule has 4 nitrogen and oxygen atoms in total. The third-order valence-electron chi connectivity index (χ3n) is 2.79. The van der Waals surface area contributed by atoms with Crippen molar-refractivity contribution in [1.29, 1.82) is 0 Å². The van der Waals surface area contributed by atoms with Gasteiger partial charge in [-0.1, -0.05) is 12.1 Å². The van der Waals surface area contributed by atoms with E-state index in [-0.39, 0.29) is 12.2 Å². The number of hydrogen-bond acceptors (Lipinski definition) is 3. The second-order valence-corrected chi connectivity index (χ2v) is 4.03. The highest BCUT2D eigenvalue weighted by atomic mass is 19.3. The average Bonchev–Trinajstić information content (AvgIpc) is 2.36. The van der Waals surface area contributed by atoms with Crippen molar-refractivity contribution >= 4 is 11.9 Å². The number of aliphatic carboxylic acids is 1. The molecule has 0 amide bonds. The van der Waals surface area contributed by atoms with Gasteiger partial charge in [0.1, 0.15) is 5.82 Å². The molecule has 7 heteroatoms. The summed E-state index contributed by atoms with van der Waals surface area (Å²) in [5.41, 5.74) is -2.79. The maximum Gasteiger partial charge on any atom is 0.328 e. The number of hydrogen-bond donors (Lipinski definition) is 1. The van der Waals surface area contributed by atoms with E-state index in [0.29, 0.717) is 0 Å². The summed E-state index contributed by atoms with van der Waals surface area (Å²) in [6.07, 6.45) is -4.28. The van der Waals surface area contributed by atoms with Crippen LogP contribution in [0.15, 0.2) is 24.3 Å². The minimum atomic E-state index is -3.04. The van der Waals surface area contributed by atoms with Crippen molar-refractivity contribution in [2.45, 2.75) is 25.2 Å². The lowest BCUT2D eigenvalue weighted by atomic mass is 9.77. The first-order valence-electron chi connectivity index (χ1n) is 5.79. The van der Waals surface area contributed by atoms with E-state index >= 15 is 0 Å². The van der Waals surface area contributed by atoms with Crippen LogP contribution in [0.25, 0.3) is 0 Å². The molecule has 1 aromatic carbocycles. The molecule has 1 rings (SSSR count). The van der Waals surface area contributed by atoms with Crippen LogP contribution in [0.3, 0.4) is 0 Å². The highest BCUT2D eigenvalue weighted by Gasteiger charge is 2.51. The van der Waals surface area contributed by atoms with Gasteiger partial charge in [0, 0.05) is 6.42 Å². The quantitative estimate of drug-likeness (QED) is 0.645. The fourth-order valence-electron chi connectivity index (χ4n) is 1.84. The Balaban J connectivity index is 3.39. The van der Waals surface area contributed by atoms with Gasteiger partial charge in [-0.3, -0.25) is 9.59 Å². The van der Waals surface area contributed by atoms with Crippen molar-refractivity contribution in [2.24, 2.45) is 0 Å². The Morgan fingerprint density at radius 1 is 1.30 bits per heavy atom. The number of carbonyl (C=O) groups excluding carboxylic acids is 1. The summed E-state index contributed by atoms with van der Waals surface area (Å²) in [5, 5.41) is 9.26. The molecule has 1 aromatic rings. The van der Waals surface area contributed by atoms with Crippen LogP contribution < -0.4 is 0 Å². The van der Waals surface area contributed by atoms with Crippen LogP contribution in [0.2, 0.25) is 0 Å². The molecule has 0 aliphatic rings. The molecular formula is C13H13F3O4. The smallest absolute Gasteiger partial charge is 0.328 e. The Bertz CT molecular complexity index is 487. The Kier molecular flexibility index (Phi) is 5.12. The van der Waals surface area contributed by atoms with E-state index in [0.717, 1.165) is 24.3 Å². The number of halogens is 3. The zero-order valence-electron chi connectivity index (χ0n) is 10.6. The lowest BCUT2D eigenvalue weighted by Gasteiger charge is -2.27. The number of rotatable bonds is 6. The SMILES string of the molecule is CCOC(=O)C(CC(F)F)(C(=O)O)c1ccc(F)cc1. The van der Waals surface area contributed by atoms with Crippen molar-refractivity contribution < 1.29 is 32.6 Å². The van der Waals surface area contributed by atoms with Crippen LogP contribution in [0, 0.1) is 5.82 Å². The van der Waals surface area contributed by atoms with E-state index in [1.807, 2.05) is 0 Å². The van der Waals surface area contributed by atoms with Gasteiger partial charge in [-0.05, 0) is 24.6 Å². The van der Waals surface area contributed by atoms with Crippen molar-refractivity contribution in [3.8, 4) is 0 Å². The van der Waals surface area contributed by atoms with Crippen molar-refractivity contribution in [1.82, 2.24) is 0 Å². The summed E-state index contributed by atoms with van der Waals surface area (Å²) >= 11 is 0. The van der Waals surface area contributed by atoms with E-state index in [2.05, 4.69) is 4.74 Å². The number of carboxylic acids is 1. The molecule has 0 aliphatic heterocycles. The molecule has 0 saturated carbocycles. The molecule has 0 bridgehead atoms. The van der Waals surface area contributed by atoms with Crippen LogP contribution in [-0.4, -0.2) is 30.1 Å². The molecule has 1 unspecified atom stereocenters. The lowest BCUT2D eigenvalue weighted by molar-refractivity contribution is -0.164. The average molecular weight is 290 g/mol. The molecule has 20 heavy (non-hydrogen) atoms. The normalized spacial score (nSPS) is 13.8. The predicted molar refractivity (Wildman–Crippen MR) is 63.0 cm³/mol. The molecule has 0 radical (unpaired) electrons. The first kappa shape index (κ1) is 16.0. The Labute approximate surface area is 113 Å². The van der Waals surface area contributed by atoms with E-state index < -0.39 is 36.0 Å². The number of carbonyl (C=O) groups is 2. The van der Waals surface area contributed by atoms with Gasteiger partial charge in [0.15, 0.2) is 5.41 Å². The molecule has 0 aromatic heterocycles. The summed E-state index contributed by atoms with van der Waals surface area (Å²) in [7, 11) is 0. The zero-order valence-corrected chi connectivity index (χ0v) is 10.6. The number of carboxylic acid groups (broad SMARTS) is 1. The molecule has 110 valence electrons. The van der Waals surface area contributed by atoms with E-state index in [1.165, 1.54) is 6.92 Å². The van der Waals surface area contributed by atoms with E-state index in [9.17, 15) is 27.9 Å². The van der Waals surface area contributed by atoms with E-state index in [4.69, 9.17) is 0 Å². The van der Waals surface area contributed by atoms with Gasteiger partial charge < -0.3 is 9.84 Å². The molecule has 0 saturated heterocycles. The fourth-order valence-corrected chi connectivity index (χ4v) is 1.84. The Hall–Kier alpha value is -2.05. The lowest BCUT2D eigenvalue weighted by Crippen LogP contribution is -2.46. The molecule has 0 heterocycles. The topological polar surface area (TPSA) is 63.6 Å². The molecule has 0 spiro atoms. The number of esters is 1. The fraction of sp³-hybridized carbons (Fsp3) is 0.385. The molecule has 0 fully saturated rings. The second kappa shape index (κ2) is 6.40. The first-order valence-corrected chi connectivity index (χ1v) is 5.79. The maximum absolute atomic E-state index is 12.9. The van der Waals surface area contributed by atoms with Crippen LogP contribution in [0.4, 0.5) is 13.2 Å². The highest BCUT2D eigenvalue weighted by Crippen LogP contribution is 2.33. The van der Waals surface area contributed by atoms with Gasteiger partial charge in [0.2, 0.25) is 6.43 Å².